The molecule has 35 heavy (non-hydrogen) atoms. The molecule has 6 rings (SSSR count). The Kier molecular flexibility index (Phi) is 5.50. The molecule has 1 aliphatic heterocycles. The van der Waals surface area contributed by atoms with Gasteiger partial charge in [-0.25, -0.2) is 8.78 Å². The number of imidazole rings is 1. The lowest BCUT2D eigenvalue weighted by atomic mass is 9.94. The first-order chi connectivity index (χ1) is 17.1. The summed E-state index contributed by atoms with van der Waals surface area (Å²) in [4.78, 5) is 14.0. The molecule has 0 radical (unpaired) electrons. The third-order valence-corrected chi connectivity index (χ3v) is 7.65. The molecule has 0 spiro atoms. The Morgan fingerprint density at radius 2 is 1.77 bits per heavy atom. The molecule has 4 aromatic rings. The van der Waals surface area contributed by atoms with Crippen molar-refractivity contribution in [2.45, 2.75) is 64.0 Å². The lowest BCUT2D eigenvalue weighted by molar-refractivity contribution is 0.0923. The molecule has 1 saturated carbocycles. The molecule has 2 aromatic carbocycles. The summed E-state index contributed by atoms with van der Waals surface area (Å²) in [5.74, 6) is -1.15. The maximum absolute atomic E-state index is 15.1. The molecule has 1 aliphatic carbocycles. The van der Waals surface area contributed by atoms with Crippen molar-refractivity contribution in [2.75, 3.05) is 7.11 Å². The highest BCUT2D eigenvalue weighted by atomic mass is 19.2. The van der Waals surface area contributed by atoms with Crippen LogP contribution in [-0.2, 0) is 13.0 Å². The first-order valence-corrected chi connectivity index (χ1v) is 12.6. The van der Waals surface area contributed by atoms with Gasteiger partial charge in [-0.2, -0.15) is 0 Å². The number of rotatable bonds is 4. The van der Waals surface area contributed by atoms with Crippen LogP contribution in [0.15, 0.2) is 36.4 Å². The minimum absolute atomic E-state index is 0.129. The Balaban J connectivity index is 1.65. The summed E-state index contributed by atoms with van der Waals surface area (Å²) in [5, 5.41) is 3.27. The second-order valence-corrected chi connectivity index (χ2v) is 9.74. The number of hydrogen-bond acceptors (Lipinski definition) is 2. The summed E-state index contributed by atoms with van der Waals surface area (Å²) in [5.41, 5.74) is 4.86. The van der Waals surface area contributed by atoms with Gasteiger partial charge in [0.05, 0.1) is 12.6 Å². The van der Waals surface area contributed by atoms with E-state index >= 15 is 4.39 Å². The van der Waals surface area contributed by atoms with Gasteiger partial charge < -0.3 is 14.6 Å². The molecule has 0 bridgehead atoms. The van der Waals surface area contributed by atoms with E-state index in [2.05, 4.69) is 5.32 Å². The Labute approximate surface area is 202 Å². The highest BCUT2D eigenvalue weighted by Gasteiger charge is 2.32. The maximum atomic E-state index is 15.1. The summed E-state index contributed by atoms with van der Waals surface area (Å²) in [6.45, 7) is 0.579. The van der Waals surface area contributed by atoms with Crippen LogP contribution >= 0.6 is 0 Å². The number of amides is 1. The smallest absolute Gasteiger partial charge is 0.269 e. The molecule has 1 N–H and O–H groups in total. The summed E-state index contributed by atoms with van der Waals surface area (Å²) in [6, 6.07) is 10.6. The number of aromatic nitrogens is 2. The number of halogens is 2. The molecule has 0 saturated heterocycles. The first-order valence-electron chi connectivity index (χ1n) is 12.6. The van der Waals surface area contributed by atoms with Gasteiger partial charge in [-0.15, -0.1) is 0 Å². The van der Waals surface area contributed by atoms with Crippen molar-refractivity contribution in [2.24, 2.45) is 0 Å². The lowest BCUT2D eigenvalue weighted by Gasteiger charge is -2.23. The average Bonchev–Trinajstić information content (AvgIpc) is 3.28. The predicted molar refractivity (Wildman–Crippen MR) is 132 cm³/mol. The number of benzene rings is 2. The number of aryl methyl sites for hydroxylation is 2. The molecule has 1 amide bonds. The molecular formula is C28H29F2N3O2. The van der Waals surface area contributed by atoms with Gasteiger partial charge >= 0.3 is 0 Å². The fourth-order valence-corrected chi connectivity index (χ4v) is 6.01. The van der Waals surface area contributed by atoms with Crippen molar-refractivity contribution in [3.63, 3.8) is 0 Å². The minimum Gasteiger partial charge on any atom is -0.497 e. The molecular weight excluding hydrogens is 448 g/mol. The molecule has 5 nitrogen and oxygen atoms in total. The van der Waals surface area contributed by atoms with E-state index in [-0.39, 0.29) is 17.5 Å². The van der Waals surface area contributed by atoms with Gasteiger partial charge in [-0.05, 0) is 61.9 Å². The maximum Gasteiger partial charge on any atom is 0.269 e. The fraction of sp³-hybridized carbons (Fsp3) is 0.393. The van der Waals surface area contributed by atoms with Crippen LogP contribution in [0.3, 0.4) is 0 Å². The zero-order valence-electron chi connectivity index (χ0n) is 19.9. The van der Waals surface area contributed by atoms with Gasteiger partial charge in [0.15, 0.2) is 11.6 Å². The molecule has 182 valence electrons. The Bertz CT molecular complexity index is 1430. The predicted octanol–water partition coefficient (Wildman–Crippen LogP) is 6.25. The molecule has 0 atom stereocenters. The zero-order valence-corrected chi connectivity index (χ0v) is 19.9. The third-order valence-electron chi connectivity index (χ3n) is 7.65. The number of fused-ring (bicyclic) bond motifs is 3. The van der Waals surface area contributed by atoms with Gasteiger partial charge in [0.1, 0.15) is 22.6 Å². The van der Waals surface area contributed by atoms with Crippen LogP contribution in [0.25, 0.3) is 27.8 Å². The van der Waals surface area contributed by atoms with Crippen molar-refractivity contribution < 1.29 is 18.3 Å². The summed E-state index contributed by atoms with van der Waals surface area (Å²) in [6.07, 6.45) is 7.87. The lowest BCUT2D eigenvalue weighted by Crippen LogP contribution is -2.37. The molecule has 7 heteroatoms. The van der Waals surface area contributed by atoms with Crippen molar-refractivity contribution >= 4 is 22.6 Å². The van der Waals surface area contributed by atoms with E-state index in [0.717, 1.165) is 79.1 Å². The Morgan fingerprint density at radius 3 is 2.51 bits per heavy atom. The molecule has 0 unspecified atom stereocenters. The first kappa shape index (κ1) is 22.1. The van der Waals surface area contributed by atoms with E-state index in [1.807, 2.05) is 33.2 Å². The van der Waals surface area contributed by atoms with Crippen molar-refractivity contribution in [3.8, 4) is 16.9 Å². The number of hydrogen-bond donors (Lipinski definition) is 1. The quantitative estimate of drug-likeness (QED) is 0.378. The third kappa shape index (κ3) is 3.51. The molecule has 3 heterocycles. The van der Waals surface area contributed by atoms with Crippen LogP contribution in [0, 0.1) is 11.6 Å². The number of methoxy groups -OCH3 is 1. The van der Waals surface area contributed by atoms with Gasteiger partial charge in [0.25, 0.3) is 5.91 Å². The van der Waals surface area contributed by atoms with E-state index < -0.39 is 11.6 Å². The number of carbonyl (C=O) groups excluding carboxylic acids is 1. The molecule has 1 fully saturated rings. The largest absolute Gasteiger partial charge is 0.497 e. The van der Waals surface area contributed by atoms with E-state index in [4.69, 9.17) is 4.74 Å². The number of nitrogens with zero attached hydrogens (tertiary/aromatic N) is 2. The average molecular weight is 478 g/mol. The van der Waals surface area contributed by atoms with Gasteiger partial charge in [0.2, 0.25) is 0 Å². The normalized spacial score (nSPS) is 16.5. The van der Waals surface area contributed by atoms with Crippen molar-refractivity contribution in [1.82, 2.24) is 14.3 Å². The van der Waals surface area contributed by atoms with E-state index in [1.165, 1.54) is 6.42 Å². The standard InChI is InChI=1S/C28H29F2N3O2/c1-35-19-12-10-17(11-13-19)23-20-9-5-6-16-32-25-22(15-14-21(29)24(25)30)33(28(20)32)26(23)27(34)31-18-7-3-2-4-8-18/h10-15,18H,2-9,16H2,1H3,(H,31,34). The second kappa shape index (κ2) is 8.70. The van der Waals surface area contributed by atoms with Crippen LogP contribution in [-0.4, -0.2) is 28.0 Å². The number of carbonyl (C=O) groups is 1. The van der Waals surface area contributed by atoms with Crippen LogP contribution in [0.2, 0.25) is 0 Å². The summed E-state index contributed by atoms with van der Waals surface area (Å²) in [7, 11) is 1.63. The van der Waals surface area contributed by atoms with E-state index in [1.54, 1.807) is 13.2 Å². The monoisotopic (exact) mass is 477 g/mol. The Morgan fingerprint density at radius 1 is 1.00 bits per heavy atom. The fourth-order valence-electron chi connectivity index (χ4n) is 6.01. The van der Waals surface area contributed by atoms with Crippen molar-refractivity contribution in [1.29, 1.82) is 0 Å². The number of ether oxygens (including phenoxy) is 1. The van der Waals surface area contributed by atoms with Crippen molar-refractivity contribution in [3.05, 3.63) is 59.3 Å². The second-order valence-electron chi connectivity index (χ2n) is 9.74. The van der Waals surface area contributed by atoms with E-state index in [0.29, 0.717) is 17.8 Å². The van der Waals surface area contributed by atoms with Crippen LogP contribution in [0.5, 0.6) is 5.75 Å². The molecule has 2 aromatic heterocycles. The Hall–Kier alpha value is -3.35. The van der Waals surface area contributed by atoms with Crippen LogP contribution in [0.1, 0.15) is 61.0 Å². The van der Waals surface area contributed by atoms with Gasteiger partial charge in [0, 0.05) is 23.7 Å². The van der Waals surface area contributed by atoms with Crippen LogP contribution in [0.4, 0.5) is 8.78 Å². The molecule has 2 aliphatic rings. The minimum atomic E-state index is -0.871. The topological polar surface area (TPSA) is 47.7 Å². The van der Waals surface area contributed by atoms with Crippen LogP contribution < -0.4 is 10.1 Å². The highest BCUT2D eigenvalue weighted by molar-refractivity contribution is 6.05. The van der Waals surface area contributed by atoms with E-state index in [9.17, 15) is 9.18 Å². The van der Waals surface area contributed by atoms with Gasteiger partial charge in [-0.3, -0.25) is 9.20 Å². The zero-order chi connectivity index (χ0) is 24.1. The number of nitrogens with one attached hydrogen (secondary N) is 1. The van der Waals surface area contributed by atoms with Gasteiger partial charge in [-0.1, -0.05) is 31.4 Å². The summed E-state index contributed by atoms with van der Waals surface area (Å²) < 4.78 is 38.6. The highest BCUT2D eigenvalue weighted by Crippen LogP contribution is 2.41. The summed E-state index contributed by atoms with van der Waals surface area (Å²) >= 11 is 0. The SMILES string of the molecule is COc1ccc(-c2c3c4n(c5c(F)c(F)ccc5n4c2C(=O)NC2CCCCC2)CCCC3)cc1.